The van der Waals surface area contributed by atoms with Gasteiger partial charge in [0.25, 0.3) is 0 Å². The van der Waals surface area contributed by atoms with Gasteiger partial charge < -0.3 is 10.5 Å². The summed E-state index contributed by atoms with van der Waals surface area (Å²) in [4.78, 5) is 11.2. The van der Waals surface area contributed by atoms with E-state index in [1.807, 2.05) is 11.9 Å². The maximum atomic E-state index is 11.2. The molecule has 0 bridgehead atoms. The van der Waals surface area contributed by atoms with E-state index in [0.29, 0.717) is 5.69 Å². The molecule has 1 aromatic rings. The summed E-state index contributed by atoms with van der Waals surface area (Å²) in [6, 6.07) is 9.01. The number of anilines is 1. The molecule has 1 aromatic carbocycles. The number of benzene rings is 1. The highest BCUT2D eigenvalue weighted by Gasteiger charge is 2.28. The molecule has 5 nitrogen and oxygen atoms in total. The predicted molar refractivity (Wildman–Crippen MR) is 71.6 cm³/mol. The number of carbonyl (C=O) groups is 1. The number of nitriles is 1. The van der Waals surface area contributed by atoms with Crippen LogP contribution in [0.3, 0.4) is 0 Å². The van der Waals surface area contributed by atoms with Crippen molar-refractivity contribution in [2.24, 2.45) is 0 Å². The Labute approximate surface area is 112 Å². The lowest BCUT2D eigenvalue weighted by molar-refractivity contribution is 0.0696. The molecule has 2 N–H and O–H groups in total. The van der Waals surface area contributed by atoms with Gasteiger partial charge in [-0.25, -0.2) is 9.80 Å². The van der Waals surface area contributed by atoms with Gasteiger partial charge >= 0.3 is 5.97 Å². The van der Waals surface area contributed by atoms with Crippen molar-refractivity contribution in [3.8, 4) is 6.07 Å². The van der Waals surface area contributed by atoms with Crippen LogP contribution in [0, 0.1) is 11.3 Å². The molecule has 0 radical (unpaired) electrons. The van der Waals surface area contributed by atoms with E-state index in [9.17, 15) is 10.1 Å². The van der Waals surface area contributed by atoms with Crippen molar-refractivity contribution >= 4 is 11.7 Å². The monoisotopic (exact) mass is 259 g/mol. The first kappa shape index (κ1) is 13.4. The molecule has 2 atom stereocenters. The van der Waals surface area contributed by atoms with Crippen molar-refractivity contribution < 1.29 is 9.90 Å². The Morgan fingerprint density at radius 2 is 2.21 bits per heavy atom. The number of piperidine rings is 1. The van der Waals surface area contributed by atoms with Crippen LogP contribution >= 0.6 is 0 Å². The fourth-order valence-corrected chi connectivity index (χ4v) is 2.41. The van der Waals surface area contributed by atoms with Gasteiger partial charge in [0, 0.05) is 6.04 Å². The highest BCUT2D eigenvalue weighted by atomic mass is 16.4. The number of carboxylic acids is 1. The van der Waals surface area contributed by atoms with Gasteiger partial charge in [0.15, 0.2) is 0 Å². The molecule has 1 aliphatic rings. The van der Waals surface area contributed by atoms with Gasteiger partial charge in [0.2, 0.25) is 0 Å². The quantitative estimate of drug-likeness (QED) is 0.872. The molecule has 19 heavy (non-hydrogen) atoms. The summed E-state index contributed by atoms with van der Waals surface area (Å²) in [5.74, 6) is -0.971. The normalized spacial score (nSPS) is 23.6. The van der Waals surface area contributed by atoms with E-state index in [1.165, 1.54) is 0 Å². The molecule has 2 rings (SSSR count). The summed E-state index contributed by atoms with van der Waals surface area (Å²) in [5, 5.41) is 20.2. The Morgan fingerprint density at radius 1 is 1.47 bits per heavy atom. The third-order valence-corrected chi connectivity index (χ3v) is 3.47. The van der Waals surface area contributed by atoms with Gasteiger partial charge in [-0.05, 0) is 38.3 Å². The van der Waals surface area contributed by atoms with Crippen molar-refractivity contribution in [2.45, 2.75) is 38.3 Å². The van der Waals surface area contributed by atoms with Crippen molar-refractivity contribution in [2.75, 3.05) is 5.43 Å². The summed E-state index contributed by atoms with van der Waals surface area (Å²) in [7, 11) is 0. The standard InChI is InChI=1S/C14H17N3O2/c1-10-5-4-6-11(9-15)17(10)16-13-8-3-2-7-12(13)14(18)19/h2-3,7-8,10-11,16H,4-6H2,1H3,(H,18,19)/t10-,11-/m1/s1. The summed E-state index contributed by atoms with van der Waals surface area (Å²) in [6.07, 6.45) is 2.83. The van der Waals surface area contributed by atoms with Crippen LogP contribution < -0.4 is 5.43 Å². The number of para-hydroxylation sites is 1. The number of nitrogens with zero attached hydrogens (tertiary/aromatic N) is 2. The van der Waals surface area contributed by atoms with Gasteiger partial charge in [-0.3, -0.25) is 0 Å². The molecule has 5 heteroatoms. The minimum absolute atomic E-state index is 0.209. The van der Waals surface area contributed by atoms with Crippen LogP contribution in [0.4, 0.5) is 5.69 Å². The SMILES string of the molecule is C[C@@H]1CCC[C@H](C#N)N1Nc1ccccc1C(=O)O. The average molecular weight is 259 g/mol. The second-order valence-electron chi connectivity index (χ2n) is 4.79. The zero-order valence-corrected chi connectivity index (χ0v) is 10.8. The predicted octanol–water partition coefficient (Wildman–Crippen LogP) is 2.48. The Bertz CT molecular complexity index is 510. The number of hydrogen-bond donors (Lipinski definition) is 2. The van der Waals surface area contributed by atoms with Crippen molar-refractivity contribution in [3.63, 3.8) is 0 Å². The Hall–Kier alpha value is -2.06. The molecule has 1 fully saturated rings. The van der Waals surface area contributed by atoms with Crippen LogP contribution in [0.1, 0.15) is 36.5 Å². The highest BCUT2D eigenvalue weighted by Crippen LogP contribution is 2.25. The van der Waals surface area contributed by atoms with Gasteiger partial charge in [-0.2, -0.15) is 5.26 Å². The van der Waals surface area contributed by atoms with Crippen LogP contribution in [0.2, 0.25) is 0 Å². The van der Waals surface area contributed by atoms with Gasteiger partial charge in [0.1, 0.15) is 6.04 Å². The van der Waals surface area contributed by atoms with Crippen molar-refractivity contribution in [1.82, 2.24) is 5.01 Å². The van der Waals surface area contributed by atoms with Crippen LogP contribution in [0.5, 0.6) is 0 Å². The zero-order chi connectivity index (χ0) is 13.8. The molecular weight excluding hydrogens is 242 g/mol. The maximum absolute atomic E-state index is 11.2. The van der Waals surface area contributed by atoms with Crippen molar-refractivity contribution in [1.29, 1.82) is 5.26 Å². The minimum atomic E-state index is -0.971. The van der Waals surface area contributed by atoms with Crippen LogP contribution in [0.15, 0.2) is 24.3 Å². The lowest BCUT2D eigenvalue weighted by atomic mass is 9.99. The molecule has 0 unspecified atom stereocenters. The zero-order valence-electron chi connectivity index (χ0n) is 10.8. The summed E-state index contributed by atoms with van der Waals surface area (Å²) in [6.45, 7) is 2.04. The largest absolute Gasteiger partial charge is 0.478 e. The van der Waals surface area contributed by atoms with Crippen LogP contribution in [0.25, 0.3) is 0 Å². The Kier molecular flexibility index (Phi) is 4.03. The number of hydrogen-bond acceptors (Lipinski definition) is 4. The molecule has 1 aliphatic heterocycles. The molecule has 1 saturated heterocycles. The highest BCUT2D eigenvalue weighted by molar-refractivity contribution is 5.94. The smallest absolute Gasteiger partial charge is 0.337 e. The number of carboxylic acid groups (broad SMARTS) is 1. The van der Waals surface area contributed by atoms with Crippen molar-refractivity contribution in [3.05, 3.63) is 29.8 Å². The third kappa shape index (κ3) is 2.85. The summed E-state index contributed by atoms with van der Waals surface area (Å²) >= 11 is 0. The second kappa shape index (κ2) is 5.72. The third-order valence-electron chi connectivity index (χ3n) is 3.47. The number of rotatable bonds is 3. The van der Waals surface area contributed by atoms with Gasteiger partial charge in [-0.1, -0.05) is 12.1 Å². The van der Waals surface area contributed by atoms with E-state index in [1.54, 1.807) is 24.3 Å². The van der Waals surface area contributed by atoms with Crippen LogP contribution in [-0.2, 0) is 0 Å². The van der Waals surface area contributed by atoms with E-state index < -0.39 is 5.97 Å². The lowest BCUT2D eigenvalue weighted by Crippen LogP contribution is -2.48. The average Bonchev–Trinajstić information content (AvgIpc) is 2.41. The molecule has 0 spiro atoms. The van der Waals surface area contributed by atoms with E-state index in [0.717, 1.165) is 19.3 Å². The van der Waals surface area contributed by atoms with Gasteiger partial charge in [-0.15, -0.1) is 0 Å². The van der Waals surface area contributed by atoms with E-state index in [4.69, 9.17) is 5.11 Å². The summed E-state index contributed by atoms with van der Waals surface area (Å²) in [5.41, 5.74) is 3.86. The Balaban J connectivity index is 2.24. The molecule has 1 heterocycles. The molecule has 0 amide bonds. The first-order valence-electron chi connectivity index (χ1n) is 6.40. The Morgan fingerprint density at radius 3 is 2.89 bits per heavy atom. The fourth-order valence-electron chi connectivity index (χ4n) is 2.41. The minimum Gasteiger partial charge on any atom is -0.478 e. The molecule has 0 aliphatic carbocycles. The second-order valence-corrected chi connectivity index (χ2v) is 4.79. The van der Waals surface area contributed by atoms with Crippen LogP contribution in [-0.4, -0.2) is 28.2 Å². The molecule has 0 aromatic heterocycles. The summed E-state index contributed by atoms with van der Waals surface area (Å²) < 4.78 is 0. The van der Waals surface area contributed by atoms with E-state index in [-0.39, 0.29) is 17.6 Å². The number of hydrazine groups is 1. The topological polar surface area (TPSA) is 76.4 Å². The number of nitrogens with one attached hydrogen (secondary N) is 1. The number of aromatic carboxylic acids is 1. The van der Waals surface area contributed by atoms with E-state index in [2.05, 4.69) is 11.5 Å². The molecule has 0 saturated carbocycles. The fraction of sp³-hybridized carbons (Fsp3) is 0.429. The lowest BCUT2D eigenvalue weighted by Gasteiger charge is -2.37. The molecule has 100 valence electrons. The first-order chi connectivity index (χ1) is 9.13. The first-order valence-corrected chi connectivity index (χ1v) is 6.40. The molecular formula is C14H17N3O2. The van der Waals surface area contributed by atoms with Gasteiger partial charge in [0.05, 0.1) is 17.3 Å². The maximum Gasteiger partial charge on any atom is 0.337 e. The van der Waals surface area contributed by atoms with E-state index >= 15 is 0 Å².